The Kier molecular flexibility index (Phi) is 4.81. The third-order valence-electron chi connectivity index (χ3n) is 3.73. The molecule has 1 aromatic carbocycles. The van der Waals surface area contributed by atoms with Gasteiger partial charge in [-0.1, -0.05) is 12.1 Å². The van der Waals surface area contributed by atoms with E-state index in [2.05, 4.69) is 0 Å². The molecule has 2 amide bonds. The fourth-order valence-corrected chi connectivity index (χ4v) is 2.54. The smallest absolute Gasteiger partial charge is 0.256 e. The lowest BCUT2D eigenvalue weighted by Crippen LogP contribution is -2.52. The highest BCUT2D eigenvalue weighted by molar-refractivity contribution is 5.94. The van der Waals surface area contributed by atoms with Gasteiger partial charge in [0.05, 0.1) is 11.1 Å². The third kappa shape index (κ3) is 3.62. The Bertz CT molecular complexity index is 569. The second-order valence-corrected chi connectivity index (χ2v) is 6.14. The highest BCUT2D eigenvalue weighted by Gasteiger charge is 2.30. The molecule has 1 saturated heterocycles. The predicted octanol–water partition coefficient (Wildman–Crippen LogP) is 1.24. The van der Waals surface area contributed by atoms with Crippen LogP contribution in [0.2, 0.25) is 0 Å². The molecule has 0 unspecified atom stereocenters. The largest absolute Gasteiger partial charge is 0.339 e. The summed E-state index contributed by atoms with van der Waals surface area (Å²) in [7, 11) is 0. The van der Waals surface area contributed by atoms with Gasteiger partial charge in [0, 0.05) is 26.2 Å². The predicted molar refractivity (Wildman–Crippen MR) is 81.8 cm³/mol. The molecule has 0 radical (unpaired) electrons. The molecule has 1 heterocycles. The van der Waals surface area contributed by atoms with Crippen molar-refractivity contribution in [2.45, 2.75) is 25.8 Å². The molecule has 2 rings (SSSR count). The lowest BCUT2D eigenvalue weighted by molar-refractivity contribution is -0.135. The quantitative estimate of drug-likeness (QED) is 0.894. The highest BCUT2D eigenvalue weighted by Crippen LogP contribution is 2.14. The van der Waals surface area contributed by atoms with Gasteiger partial charge in [0.25, 0.3) is 5.91 Å². The lowest BCUT2D eigenvalue weighted by Gasteiger charge is -2.28. The zero-order chi connectivity index (χ0) is 16.3. The molecule has 22 heavy (non-hydrogen) atoms. The molecular weight excluding hydrogens is 285 g/mol. The second-order valence-electron chi connectivity index (χ2n) is 6.14. The van der Waals surface area contributed by atoms with Crippen LogP contribution in [0.4, 0.5) is 4.39 Å². The summed E-state index contributed by atoms with van der Waals surface area (Å²) in [5.74, 6) is -0.986. The summed E-state index contributed by atoms with van der Waals surface area (Å²) in [6.07, 6.45) is 0.655. The minimum Gasteiger partial charge on any atom is -0.339 e. The van der Waals surface area contributed by atoms with Gasteiger partial charge < -0.3 is 15.5 Å². The number of carbonyl (C=O) groups excluding carboxylic acids is 2. The van der Waals surface area contributed by atoms with E-state index >= 15 is 0 Å². The van der Waals surface area contributed by atoms with Gasteiger partial charge in [-0.15, -0.1) is 0 Å². The number of carbonyl (C=O) groups is 2. The van der Waals surface area contributed by atoms with Crippen LogP contribution in [0.5, 0.6) is 0 Å². The molecule has 0 aliphatic carbocycles. The van der Waals surface area contributed by atoms with Gasteiger partial charge in [0.15, 0.2) is 0 Å². The summed E-state index contributed by atoms with van der Waals surface area (Å²) >= 11 is 0. The van der Waals surface area contributed by atoms with Gasteiger partial charge in [-0.25, -0.2) is 4.39 Å². The molecule has 120 valence electrons. The number of halogens is 1. The fourth-order valence-electron chi connectivity index (χ4n) is 2.54. The molecule has 5 nitrogen and oxygen atoms in total. The summed E-state index contributed by atoms with van der Waals surface area (Å²) in [6.45, 7) is 5.20. The Hall–Kier alpha value is -1.95. The fraction of sp³-hybridized carbons (Fsp3) is 0.500. The summed E-state index contributed by atoms with van der Waals surface area (Å²) in [5.41, 5.74) is 4.99. The Balaban J connectivity index is 2.06. The van der Waals surface area contributed by atoms with E-state index in [1.807, 2.05) is 0 Å². The van der Waals surface area contributed by atoms with Crippen LogP contribution in [-0.4, -0.2) is 53.3 Å². The van der Waals surface area contributed by atoms with Crippen molar-refractivity contribution < 1.29 is 14.0 Å². The van der Waals surface area contributed by atoms with Gasteiger partial charge in [-0.3, -0.25) is 9.59 Å². The van der Waals surface area contributed by atoms with Crippen molar-refractivity contribution in [3.63, 3.8) is 0 Å². The Labute approximate surface area is 129 Å². The van der Waals surface area contributed by atoms with Crippen molar-refractivity contribution in [3.8, 4) is 0 Å². The first-order valence-electron chi connectivity index (χ1n) is 7.43. The number of hydrogen-bond donors (Lipinski definition) is 1. The molecule has 0 bridgehead atoms. The first-order chi connectivity index (χ1) is 10.3. The van der Waals surface area contributed by atoms with Crippen LogP contribution in [0.3, 0.4) is 0 Å². The number of nitrogens with two attached hydrogens (primary N) is 1. The SMILES string of the molecule is CC(C)(N)C(=O)N1CCCN(C(=O)c2ccccc2F)CC1. The van der Waals surface area contributed by atoms with Crippen molar-refractivity contribution in [2.24, 2.45) is 5.73 Å². The first-order valence-corrected chi connectivity index (χ1v) is 7.43. The molecule has 0 saturated carbocycles. The highest BCUT2D eigenvalue weighted by atomic mass is 19.1. The van der Waals surface area contributed by atoms with Crippen molar-refractivity contribution in [1.82, 2.24) is 9.80 Å². The Morgan fingerprint density at radius 2 is 1.68 bits per heavy atom. The van der Waals surface area contributed by atoms with Gasteiger partial charge in [0.2, 0.25) is 5.91 Å². The normalized spacial score (nSPS) is 16.4. The maximum absolute atomic E-state index is 13.7. The van der Waals surface area contributed by atoms with E-state index in [0.717, 1.165) is 0 Å². The molecule has 0 aromatic heterocycles. The number of nitrogens with zero attached hydrogens (tertiary/aromatic N) is 2. The van der Waals surface area contributed by atoms with Crippen LogP contribution < -0.4 is 5.73 Å². The molecule has 1 aliphatic heterocycles. The molecule has 6 heteroatoms. The summed E-state index contributed by atoms with van der Waals surface area (Å²) < 4.78 is 13.7. The zero-order valence-electron chi connectivity index (χ0n) is 13.0. The molecule has 1 aromatic rings. The molecule has 0 atom stereocenters. The number of benzene rings is 1. The van der Waals surface area contributed by atoms with Crippen LogP contribution in [-0.2, 0) is 4.79 Å². The van der Waals surface area contributed by atoms with Crippen molar-refractivity contribution in [3.05, 3.63) is 35.6 Å². The van der Waals surface area contributed by atoms with Crippen LogP contribution in [0.25, 0.3) is 0 Å². The van der Waals surface area contributed by atoms with Crippen LogP contribution >= 0.6 is 0 Å². The average molecular weight is 307 g/mol. The van der Waals surface area contributed by atoms with E-state index in [1.54, 1.807) is 35.8 Å². The van der Waals surface area contributed by atoms with Crippen LogP contribution in [0.15, 0.2) is 24.3 Å². The van der Waals surface area contributed by atoms with Crippen LogP contribution in [0.1, 0.15) is 30.6 Å². The second kappa shape index (κ2) is 6.44. The van der Waals surface area contributed by atoms with E-state index in [4.69, 9.17) is 5.73 Å². The molecule has 0 spiro atoms. The molecule has 2 N–H and O–H groups in total. The standard InChI is InChI=1S/C16H22FN3O2/c1-16(2,18)15(22)20-9-5-8-19(10-11-20)14(21)12-6-3-4-7-13(12)17/h3-4,6-7H,5,8-11,18H2,1-2H3. The summed E-state index contributed by atoms with van der Waals surface area (Å²) in [4.78, 5) is 27.9. The van der Waals surface area contributed by atoms with E-state index < -0.39 is 11.4 Å². The maximum atomic E-state index is 13.7. The number of hydrogen-bond acceptors (Lipinski definition) is 3. The lowest BCUT2D eigenvalue weighted by atomic mass is 10.1. The van der Waals surface area contributed by atoms with Gasteiger partial charge >= 0.3 is 0 Å². The third-order valence-corrected chi connectivity index (χ3v) is 3.73. The molecule has 1 fully saturated rings. The van der Waals surface area contributed by atoms with E-state index in [0.29, 0.717) is 32.6 Å². The molecule has 1 aliphatic rings. The number of amides is 2. The summed E-state index contributed by atoms with van der Waals surface area (Å²) in [6, 6.07) is 5.95. The average Bonchev–Trinajstić information content (AvgIpc) is 2.71. The van der Waals surface area contributed by atoms with Crippen molar-refractivity contribution in [1.29, 1.82) is 0 Å². The minimum absolute atomic E-state index is 0.0708. The molecular formula is C16H22FN3O2. The minimum atomic E-state index is -0.926. The monoisotopic (exact) mass is 307 g/mol. The van der Waals surface area contributed by atoms with Gasteiger partial charge in [-0.05, 0) is 32.4 Å². The van der Waals surface area contributed by atoms with E-state index in [-0.39, 0.29) is 17.4 Å². The van der Waals surface area contributed by atoms with E-state index in [1.165, 1.54) is 12.1 Å². The van der Waals surface area contributed by atoms with Gasteiger partial charge in [-0.2, -0.15) is 0 Å². The van der Waals surface area contributed by atoms with Crippen LogP contribution in [0, 0.1) is 5.82 Å². The van der Waals surface area contributed by atoms with Crippen molar-refractivity contribution in [2.75, 3.05) is 26.2 Å². The topological polar surface area (TPSA) is 66.6 Å². The Morgan fingerprint density at radius 3 is 2.32 bits per heavy atom. The number of rotatable bonds is 2. The summed E-state index contributed by atoms with van der Waals surface area (Å²) in [5, 5.41) is 0. The zero-order valence-corrected chi connectivity index (χ0v) is 13.0. The maximum Gasteiger partial charge on any atom is 0.256 e. The van der Waals surface area contributed by atoms with Gasteiger partial charge in [0.1, 0.15) is 5.82 Å². The van der Waals surface area contributed by atoms with Crippen molar-refractivity contribution >= 4 is 11.8 Å². The van der Waals surface area contributed by atoms with E-state index in [9.17, 15) is 14.0 Å². The Morgan fingerprint density at radius 1 is 1.09 bits per heavy atom. The first kappa shape index (κ1) is 16.4.